The fraction of sp³-hybridized carbons (Fsp3) is 0.667. The Kier molecular flexibility index (Phi) is 7.11. The predicted octanol–water partition coefficient (Wildman–Crippen LogP) is 3.11. The molecule has 0 spiro atoms. The molecule has 1 rings (SSSR count). The third-order valence-corrected chi connectivity index (χ3v) is 4.45. The van der Waals surface area contributed by atoms with Gasteiger partial charge in [-0.05, 0) is 35.0 Å². The normalized spacial score (nSPS) is 11.1. The summed E-state index contributed by atoms with van der Waals surface area (Å²) < 4.78 is 6.27. The van der Waals surface area contributed by atoms with Crippen LogP contribution in [0.1, 0.15) is 24.6 Å². The molecule has 98 valence electrons. The van der Waals surface area contributed by atoms with Gasteiger partial charge in [0, 0.05) is 18.0 Å². The van der Waals surface area contributed by atoms with Crippen molar-refractivity contribution in [1.82, 2.24) is 4.90 Å². The highest BCUT2D eigenvalue weighted by atomic mass is 79.9. The van der Waals surface area contributed by atoms with E-state index in [2.05, 4.69) is 33.8 Å². The predicted molar refractivity (Wildman–Crippen MR) is 75.8 cm³/mol. The van der Waals surface area contributed by atoms with E-state index in [0.29, 0.717) is 0 Å². The fourth-order valence-corrected chi connectivity index (χ4v) is 3.36. The molecule has 0 bridgehead atoms. The minimum atomic E-state index is 0.216. The van der Waals surface area contributed by atoms with E-state index in [1.54, 1.807) is 18.4 Å². The van der Waals surface area contributed by atoms with Crippen LogP contribution in [0, 0.1) is 0 Å². The van der Waals surface area contributed by atoms with Crippen molar-refractivity contribution in [3.05, 3.63) is 15.4 Å². The summed E-state index contributed by atoms with van der Waals surface area (Å²) in [7, 11) is 1.68. The van der Waals surface area contributed by atoms with Crippen molar-refractivity contribution in [2.75, 3.05) is 26.8 Å². The Morgan fingerprint density at radius 3 is 2.76 bits per heavy atom. The number of rotatable bonds is 8. The van der Waals surface area contributed by atoms with Gasteiger partial charge < -0.3 is 9.84 Å². The lowest BCUT2D eigenvalue weighted by Gasteiger charge is -2.19. The van der Waals surface area contributed by atoms with Crippen molar-refractivity contribution in [3.63, 3.8) is 0 Å². The lowest BCUT2D eigenvalue weighted by atomic mass is 10.3. The van der Waals surface area contributed by atoms with Gasteiger partial charge in [-0.1, -0.05) is 13.3 Å². The number of nitrogens with zero attached hydrogens (tertiary/aromatic N) is 1. The summed E-state index contributed by atoms with van der Waals surface area (Å²) in [5.74, 6) is 0. The molecule has 1 aromatic heterocycles. The molecule has 0 fully saturated rings. The molecule has 0 aliphatic carbocycles. The number of methoxy groups -OCH3 is 1. The maximum Gasteiger partial charge on any atom is 0.188 e. The minimum Gasteiger partial charge on any atom is -0.486 e. The molecule has 0 unspecified atom stereocenters. The smallest absolute Gasteiger partial charge is 0.188 e. The average Bonchev–Trinajstić information content (AvgIpc) is 2.66. The topological polar surface area (TPSA) is 32.7 Å². The fourth-order valence-electron chi connectivity index (χ4n) is 1.63. The Hall–Kier alpha value is -0.100. The molecule has 17 heavy (non-hydrogen) atoms. The second-order valence-corrected chi connectivity index (χ2v) is 5.86. The number of hydrogen-bond acceptors (Lipinski definition) is 4. The Morgan fingerprint density at radius 2 is 2.24 bits per heavy atom. The highest BCUT2D eigenvalue weighted by Crippen LogP contribution is 2.35. The Morgan fingerprint density at radius 1 is 1.47 bits per heavy atom. The summed E-state index contributed by atoms with van der Waals surface area (Å²) in [6, 6.07) is 2.10. The first-order valence-corrected chi connectivity index (χ1v) is 7.47. The van der Waals surface area contributed by atoms with E-state index in [4.69, 9.17) is 9.84 Å². The molecule has 5 heteroatoms. The van der Waals surface area contributed by atoms with E-state index in [-0.39, 0.29) is 6.61 Å². The summed E-state index contributed by atoms with van der Waals surface area (Å²) in [6.07, 6.45) is 2.35. The summed E-state index contributed by atoms with van der Waals surface area (Å²) in [5.41, 5.74) is 0. The highest BCUT2D eigenvalue weighted by molar-refractivity contribution is 9.10. The van der Waals surface area contributed by atoms with Crippen molar-refractivity contribution in [3.8, 4) is 5.06 Å². The molecule has 0 radical (unpaired) electrons. The number of unbranched alkanes of at least 4 members (excludes halogenated alkanes) is 1. The lowest BCUT2D eigenvalue weighted by molar-refractivity contribution is 0.189. The first-order valence-electron chi connectivity index (χ1n) is 5.86. The zero-order valence-electron chi connectivity index (χ0n) is 10.4. The van der Waals surface area contributed by atoms with Gasteiger partial charge in [0.25, 0.3) is 0 Å². The quantitative estimate of drug-likeness (QED) is 0.798. The SMILES string of the molecule is CCCCN(CCO)Cc1cc(Br)c(OC)s1. The Bertz CT molecular complexity index is 330. The van der Waals surface area contributed by atoms with E-state index >= 15 is 0 Å². The van der Waals surface area contributed by atoms with E-state index in [1.165, 1.54) is 17.7 Å². The van der Waals surface area contributed by atoms with Crippen molar-refractivity contribution >= 4 is 27.3 Å². The molecule has 0 saturated heterocycles. The summed E-state index contributed by atoms with van der Waals surface area (Å²) in [5, 5.41) is 9.96. The third-order valence-electron chi connectivity index (χ3n) is 2.52. The van der Waals surface area contributed by atoms with Crippen LogP contribution < -0.4 is 4.74 Å². The Balaban J connectivity index is 2.57. The van der Waals surface area contributed by atoms with Crippen LogP contribution >= 0.6 is 27.3 Å². The second kappa shape index (κ2) is 8.08. The number of aliphatic hydroxyl groups excluding tert-OH is 1. The minimum absolute atomic E-state index is 0.216. The number of ether oxygens (including phenoxy) is 1. The summed E-state index contributed by atoms with van der Waals surface area (Å²) >= 11 is 5.13. The molecule has 1 aromatic rings. The standard InChI is InChI=1S/C12H20BrNO2S/c1-3-4-5-14(6-7-15)9-10-8-11(13)12(16-2)17-10/h8,15H,3-7,9H2,1-2H3. The molecule has 0 atom stereocenters. The zero-order valence-corrected chi connectivity index (χ0v) is 12.8. The zero-order chi connectivity index (χ0) is 12.7. The van der Waals surface area contributed by atoms with Crippen LogP contribution in [0.25, 0.3) is 0 Å². The number of hydrogen-bond donors (Lipinski definition) is 1. The molecule has 0 aliphatic heterocycles. The highest BCUT2D eigenvalue weighted by Gasteiger charge is 2.10. The van der Waals surface area contributed by atoms with E-state index < -0.39 is 0 Å². The van der Waals surface area contributed by atoms with Crippen molar-refractivity contribution < 1.29 is 9.84 Å². The van der Waals surface area contributed by atoms with Gasteiger partial charge in [-0.25, -0.2) is 0 Å². The van der Waals surface area contributed by atoms with Gasteiger partial charge in [-0.2, -0.15) is 0 Å². The van der Waals surface area contributed by atoms with Gasteiger partial charge in [0.2, 0.25) is 0 Å². The van der Waals surface area contributed by atoms with Crippen molar-refractivity contribution in [2.24, 2.45) is 0 Å². The number of thiophene rings is 1. The molecule has 1 heterocycles. The van der Waals surface area contributed by atoms with Crippen LogP contribution in [0.3, 0.4) is 0 Å². The molecule has 3 nitrogen and oxygen atoms in total. The van der Waals surface area contributed by atoms with E-state index in [0.717, 1.165) is 29.2 Å². The molecule has 0 amide bonds. The largest absolute Gasteiger partial charge is 0.486 e. The van der Waals surface area contributed by atoms with E-state index in [1.807, 2.05) is 0 Å². The van der Waals surface area contributed by atoms with Gasteiger partial charge >= 0.3 is 0 Å². The average molecular weight is 322 g/mol. The van der Waals surface area contributed by atoms with Gasteiger partial charge in [0.15, 0.2) is 5.06 Å². The molecule has 0 saturated carbocycles. The third kappa shape index (κ3) is 4.95. The Labute approximate surface area is 116 Å². The van der Waals surface area contributed by atoms with Crippen LogP contribution in [0.5, 0.6) is 5.06 Å². The monoisotopic (exact) mass is 321 g/mol. The molecule has 0 aliphatic rings. The molecule has 0 aromatic carbocycles. The van der Waals surface area contributed by atoms with Gasteiger partial charge in [-0.15, -0.1) is 11.3 Å². The summed E-state index contributed by atoms with van der Waals surface area (Å²) in [6.45, 7) is 5.05. The van der Waals surface area contributed by atoms with Crippen LogP contribution in [-0.2, 0) is 6.54 Å². The lowest BCUT2D eigenvalue weighted by Crippen LogP contribution is -2.27. The van der Waals surface area contributed by atoms with E-state index in [9.17, 15) is 0 Å². The molecule has 1 N–H and O–H groups in total. The molecular formula is C12H20BrNO2S. The maximum atomic E-state index is 9.05. The van der Waals surface area contributed by atoms with Gasteiger partial charge in [-0.3, -0.25) is 4.90 Å². The molecular weight excluding hydrogens is 302 g/mol. The van der Waals surface area contributed by atoms with Crippen LogP contribution in [0.4, 0.5) is 0 Å². The van der Waals surface area contributed by atoms with Crippen LogP contribution in [-0.4, -0.2) is 36.8 Å². The van der Waals surface area contributed by atoms with Crippen molar-refractivity contribution in [1.29, 1.82) is 0 Å². The van der Waals surface area contributed by atoms with Gasteiger partial charge in [0.1, 0.15) is 0 Å². The van der Waals surface area contributed by atoms with Crippen LogP contribution in [0.15, 0.2) is 10.5 Å². The van der Waals surface area contributed by atoms with Crippen molar-refractivity contribution in [2.45, 2.75) is 26.3 Å². The number of halogens is 1. The first-order chi connectivity index (χ1) is 8.21. The van der Waals surface area contributed by atoms with Gasteiger partial charge in [0.05, 0.1) is 18.2 Å². The number of aliphatic hydroxyl groups is 1. The summed E-state index contributed by atoms with van der Waals surface area (Å²) in [4.78, 5) is 3.54. The second-order valence-electron chi connectivity index (χ2n) is 3.91. The first kappa shape index (κ1) is 15.0. The maximum absolute atomic E-state index is 9.05. The van der Waals surface area contributed by atoms with Crippen LogP contribution in [0.2, 0.25) is 0 Å².